The molecular formula is C7H10BrN. The summed E-state index contributed by atoms with van der Waals surface area (Å²) in [5.74, 6) is 0. The van der Waals surface area contributed by atoms with E-state index >= 15 is 0 Å². The molecule has 0 saturated heterocycles. The molecule has 1 nitrogen and oxygen atoms in total. The van der Waals surface area contributed by atoms with Crippen LogP contribution in [0.4, 0.5) is 5.69 Å². The third kappa shape index (κ3) is 2.51. The minimum atomic E-state index is 0. The number of benzene rings is 1. The van der Waals surface area contributed by atoms with Crippen molar-refractivity contribution in [2.45, 2.75) is 6.92 Å². The highest BCUT2D eigenvalue weighted by molar-refractivity contribution is 8.93. The second kappa shape index (κ2) is 3.51. The first-order valence-electron chi connectivity index (χ1n) is 2.61. The molecule has 50 valence electrons. The molecule has 9 heavy (non-hydrogen) atoms. The maximum Gasteiger partial charge on any atom is 0.0316 e. The quantitative estimate of drug-likeness (QED) is 0.620. The Morgan fingerprint density at radius 2 is 2.00 bits per heavy atom. The Kier molecular flexibility index (Phi) is 3.32. The normalized spacial score (nSPS) is 8.11. The van der Waals surface area contributed by atoms with Crippen LogP contribution in [0, 0.1) is 6.92 Å². The molecule has 0 bridgehead atoms. The van der Waals surface area contributed by atoms with Gasteiger partial charge in [-0.05, 0) is 24.6 Å². The van der Waals surface area contributed by atoms with Crippen molar-refractivity contribution in [1.29, 1.82) is 0 Å². The molecule has 0 unspecified atom stereocenters. The predicted molar refractivity (Wildman–Crippen MR) is 45.9 cm³/mol. The predicted octanol–water partition coefficient (Wildman–Crippen LogP) is 2.16. The molecule has 0 amide bonds. The van der Waals surface area contributed by atoms with Crippen molar-refractivity contribution in [3.05, 3.63) is 29.8 Å². The highest BCUT2D eigenvalue weighted by Crippen LogP contribution is 2.03. The van der Waals surface area contributed by atoms with Gasteiger partial charge in [-0.15, -0.1) is 17.0 Å². The van der Waals surface area contributed by atoms with Gasteiger partial charge in [0.15, 0.2) is 0 Å². The van der Waals surface area contributed by atoms with Crippen molar-refractivity contribution in [3.8, 4) is 0 Å². The van der Waals surface area contributed by atoms with Crippen molar-refractivity contribution in [1.82, 2.24) is 0 Å². The van der Waals surface area contributed by atoms with Gasteiger partial charge in [0.25, 0.3) is 0 Å². The topological polar surface area (TPSA) is 26.0 Å². The number of aryl methyl sites for hydroxylation is 1. The number of hydrogen-bond donors (Lipinski definition) is 1. The van der Waals surface area contributed by atoms with Gasteiger partial charge in [0.2, 0.25) is 0 Å². The second-order valence-corrected chi connectivity index (χ2v) is 1.91. The molecule has 1 rings (SSSR count). The van der Waals surface area contributed by atoms with E-state index in [1.165, 1.54) is 5.56 Å². The van der Waals surface area contributed by atoms with E-state index < -0.39 is 0 Å². The Bertz CT molecular complexity index is 169. The SMILES string of the molecule is Br.Cc1cccc(N)c1. The fourth-order valence-corrected chi connectivity index (χ4v) is 0.670. The summed E-state index contributed by atoms with van der Waals surface area (Å²) in [6.07, 6.45) is 0. The monoisotopic (exact) mass is 187 g/mol. The molecule has 0 spiro atoms. The summed E-state index contributed by atoms with van der Waals surface area (Å²) in [4.78, 5) is 0. The maximum absolute atomic E-state index is 5.46. The van der Waals surface area contributed by atoms with Crippen LogP contribution in [0.5, 0.6) is 0 Å². The molecule has 0 heterocycles. The lowest BCUT2D eigenvalue weighted by Gasteiger charge is -1.91. The Morgan fingerprint density at radius 1 is 1.33 bits per heavy atom. The number of rotatable bonds is 0. The van der Waals surface area contributed by atoms with Crippen LogP contribution in [0.15, 0.2) is 24.3 Å². The minimum Gasteiger partial charge on any atom is -0.399 e. The molecule has 0 aliphatic heterocycles. The zero-order valence-corrected chi connectivity index (χ0v) is 7.01. The molecule has 0 aliphatic rings. The Labute approximate surface area is 65.6 Å². The van der Waals surface area contributed by atoms with E-state index in [9.17, 15) is 0 Å². The molecule has 0 aromatic heterocycles. The highest BCUT2D eigenvalue weighted by Gasteiger charge is 1.81. The first kappa shape index (κ1) is 8.50. The third-order valence-electron chi connectivity index (χ3n) is 1.04. The molecule has 0 saturated carbocycles. The van der Waals surface area contributed by atoms with E-state index in [-0.39, 0.29) is 17.0 Å². The molecule has 1 aromatic rings. The number of hydrogen-bond acceptors (Lipinski definition) is 1. The van der Waals surface area contributed by atoms with E-state index in [1.54, 1.807) is 0 Å². The lowest BCUT2D eigenvalue weighted by Crippen LogP contribution is -1.82. The third-order valence-corrected chi connectivity index (χ3v) is 1.04. The lowest BCUT2D eigenvalue weighted by molar-refractivity contribution is 1.47. The van der Waals surface area contributed by atoms with Crippen LogP contribution >= 0.6 is 17.0 Å². The first-order valence-corrected chi connectivity index (χ1v) is 2.61. The summed E-state index contributed by atoms with van der Waals surface area (Å²) in [7, 11) is 0. The van der Waals surface area contributed by atoms with E-state index in [0.717, 1.165) is 5.69 Å². The van der Waals surface area contributed by atoms with E-state index in [2.05, 4.69) is 0 Å². The molecule has 1 aromatic carbocycles. The largest absolute Gasteiger partial charge is 0.399 e. The van der Waals surface area contributed by atoms with Crippen LogP contribution in [0.1, 0.15) is 5.56 Å². The Morgan fingerprint density at radius 3 is 2.33 bits per heavy atom. The highest BCUT2D eigenvalue weighted by atomic mass is 79.9. The van der Waals surface area contributed by atoms with Gasteiger partial charge in [-0.2, -0.15) is 0 Å². The van der Waals surface area contributed by atoms with Gasteiger partial charge in [-0.3, -0.25) is 0 Å². The van der Waals surface area contributed by atoms with Crippen LogP contribution in [-0.2, 0) is 0 Å². The van der Waals surface area contributed by atoms with Crippen LogP contribution in [0.3, 0.4) is 0 Å². The number of nitrogen functional groups attached to an aromatic ring is 1. The summed E-state index contributed by atoms with van der Waals surface area (Å²) in [5.41, 5.74) is 7.51. The fraction of sp³-hybridized carbons (Fsp3) is 0.143. The van der Waals surface area contributed by atoms with Gasteiger partial charge in [-0.25, -0.2) is 0 Å². The molecule has 0 fully saturated rings. The minimum absolute atomic E-state index is 0. The van der Waals surface area contributed by atoms with Crippen LogP contribution in [-0.4, -0.2) is 0 Å². The van der Waals surface area contributed by atoms with Crippen LogP contribution in [0.25, 0.3) is 0 Å². The Balaban J connectivity index is 0.000000640. The smallest absolute Gasteiger partial charge is 0.0316 e. The first-order chi connectivity index (χ1) is 3.79. The summed E-state index contributed by atoms with van der Waals surface area (Å²) in [6, 6.07) is 7.80. The maximum atomic E-state index is 5.46. The molecule has 0 aliphatic carbocycles. The second-order valence-electron chi connectivity index (χ2n) is 1.91. The summed E-state index contributed by atoms with van der Waals surface area (Å²) >= 11 is 0. The summed E-state index contributed by atoms with van der Waals surface area (Å²) in [5, 5.41) is 0. The Hall–Kier alpha value is -0.500. The fourth-order valence-electron chi connectivity index (χ4n) is 0.670. The van der Waals surface area contributed by atoms with E-state index in [1.807, 2.05) is 31.2 Å². The summed E-state index contributed by atoms with van der Waals surface area (Å²) in [6.45, 7) is 2.02. The van der Waals surface area contributed by atoms with Crippen molar-refractivity contribution in [2.75, 3.05) is 5.73 Å². The van der Waals surface area contributed by atoms with Crippen molar-refractivity contribution in [2.24, 2.45) is 0 Å². The van der Waals surface area contributed by atoms with Crippen molar-refractivity contribution in [3.63, 3.8) is 0 Å². The van der Waals surface area contributed by atoms with Gasteiger partial charge < -0.3 is 5.73 Å². The van der Waals surface area contributed by atoms with Crippen LogP contribution in [0.2, 0.25) is 0 Å². The number of halogens is 1. The molecule has 0 radical (unpaired) electrons. The van der Waals surface area contributed by atoms with Gasteiger partial charge in [0.1, 0.15) is 0 Å². The van der Waals surface area contributed by atoms with Gasteiger partial charge in [0.05, 0.1) is 0 Å². The lowest BCUT2D eigenvalue weighted by atomic mass is 10.2. The number of anilines is 1. The van der Waals surface area contributed by atoms with Crippen molar-refractivity contribution >= 4 is 22.7 Å². The standard InChI is InChI=1S/C7H9N.BrH/c1-6-3-2-4-7(8)5-6;/h2-5H,8H2,1H3;1H. The van der Waals surface area contributed by atoms with E-state index in [4.69, 9.17) is 5.73 Å². The number of nitrogens with two attached hydrogens (primary N) is 1. The zero-order valence-electron chi connectivity index (χ0n) is 5.29. The van der Waals surface area contributed by atoms with Crippen LogP contribution < -0.4 is 5.73 Å². The molecule has 2 N–H and O–H groups in total. The zero-order chi connectivity index (χ0) is 5.98. The molecular weight excluding hydrogens is 178 g/mol. The van der Waals surface area contributed by atoms with E-state index in [0.29, 0.717) is 0 Å². The molecule has 0 atom stereocenters. The van der Waals surface area contributed by atoms with Crippen molar-refractivity contribution < 1.29 is 0 Å². The average Bonchev–Trinajstić information content (AvgIpc) is 1.64. The van der Waals surface area contributed by atoms with Gasteiger partial charge in [-0.1, -0.05) is 12.1 Å². The summed E-state index contributed by atoms with van der Waals surface area (Å²) < 4.78 is 0. The van der Waals surface area contributed by atoms with Gasteiger partial charge in [0, 0.05) is 5.69 Å². The average molecular weight is 188 g/mol. The molecule has 2 heteroatoms. The van der Waals surface area contributed by atoms with Gasteiger partial charge >= 0.3 is 0 Å².